The number of carbonyl (C=O) groups is 1. The fourth-order valence-corrected chi connectivity index (χ4v) is 2.58. The standard InChI is InChI=1S/C15H16FNO2S/c1-15(19,13-3-2-8-20-13)10-17-14(18)9-11-4-6-12(16)7-5-11/h2-8,19H,9-10H2,1H3,(H,17,18)/t15-/m1/s1. The zero-order valence-corrected chi connectivity index (χ0v) is 11.9. The number of benzene rings is 1. The molecule has 1 aromatic heterocycles. The van der Waals surface area contributed by atoms with Gasteiger partial charge in [0.2, 0.25) is 5.91 Å². The van der Waals surface area contributed by atoms with Crippen LogP contribution in [0, 0.1) is 5.82 Å². The average Bonchev–Trinajstić information content (AvgIpc) is 2.94. The Morgan fingerprint density at radius 1 is 1.35 bits per heavy atom. The van der Waals surface area contributed by atoms with E-state index in [2.05, 4.69) is 5.32 Å². The molecule has 0 unspecified atom stereocenters. The van der Waals surface area contributed by atoms with Crippen molar-refractivity contribution in [3.63, 3.8) is 0 Å². The van der Waals surface area contributed by atoms with Crippen LogP contribution in [0.4, 0.5) is 4.39 Å². The first-order chi connectivity index (χ1) is 9.47. The molecule has 0 aliphatic carbocycles. The summed E-state index contributed by atoms with van der Waals surface area (Å²) in [5, 5.41) is 14.8. The van der Waals surface area contributed by atoms with Crippen molar-refractivity contribution < 1.29 is 14.3 Å². The van der Waals surface area contributed by atoms with E-state index in [0.717, 1.165) is 10.4 Å². The van der Waals surface area contributed by atoms with Crippen LogP contribution in [-0.4, -0.2) is 17.6 Å². The summed E-state index contributed by atoms with van der Waals surface area (Å²) in [6.45, 7) is 1.81. The van der Waals surface area contributed by atoms with E-state index in [0.29, 0.717) is 0 Å². The van der Waals surface area contributed by atoms with E-state index in [4.69, 9.17) is 0 Å². The highest BCUT2D eigenvalue weighted by atomic mass is 32.1. The maximum absolute atomic E-state index is 12.8. The highest BCUT2D eigenvalue weighted by molar-refractivity contribution is 7.10. The monoisotopic (exact) mass is 293 g/mol. The van der Waals surface area contributed by atoms with E-state index < -0.39 is 5.60 Å². The molecule has 1 heterocycles. The van der Waals surface area contributed by atoms with E-state index in [1.165, 1.54) is 23.5 Å². The van der Waals surface area contributed by atoms with Crippen molar-refractivity contribution in [2.45, 2.75) is 18.9 Å². The molecule has 2 N–H and O–H groups in total. The molecule has 1 amide bonds. The van der Waals surface area contributed by atoms with Gasteiger partial charge in [-0.2, -0.15) is 0 Å². The molecule has 0 saturated heterocycles. The number of nitrogens with one attached hydrogen (secondary N) is 1. The van der Waals surface area contributed by atoms with Crippen LogP contribution in [0.1, 0.15) is 17.4 Å². The van der Waals surface area contributed by atoms with Crippen LogP contribution >= 0.6 is 11.3 Å². The Morgan fingerprint density at radius 3 is 2.65 bits per heavy atom. The smallest absolute Gasteiger partial charge is 0.224 e. The van der Waals surface area contributed by atoms with Crippen molar-refractivity contribution in [2.24, 2.45) is 0 Å². The molecule has 0 saturated carbocycles. The second-order valence-corrected chi connectivity index (χ2v) is 5.78. The normalized spacial score (nSPS) is 13.8. The number of rotatable bonds is 5. The van der Waals surface area contributed by atoms with Crippen LogP contribution < -0.4 is 5.32 Å². The summed E-state index contributed by atoms with van der Waals surface area (Å²) in [6.07, 6.45) is 0.167. The van der Waals surface area contributed by atoms with Crippen LogP contribution in [-0.2, 0) is 16.8 Å². The first-order valence-electron chi connectivity index (χ1n) is 6.25. The molecule has 0 aliphatic heterocycles. The lowest BCUT2D eigenvalue weighted by atomic mass is 10.0. The highest BCUT2D eigenvalue weighted by Gasteiger charge is 2.24. The van der Waals surface area contributed by atoms with Gasteiger partial charge in [0.05, 0.1) is 13.0 Å². The Kier molecular flexibility index (Phi) is 4.52. The van der Waals surface area contributed by atoms with Gasteiger partial charge in [-0.15, -0.1) is 11.3 Å². The van der Waals surface area contributed by atoms with Crippen molar-refractivity contribution in [1.82, 2.24) is 5.32 Å². The predicted molar refractivity (Wildman–Crippen MR) is 77.0 cm³/mol. The van der Waals surface area contributed by atoms with E-state index in [-0.39, 0.29) is 24.7 Å². The third-order valence-corrected chi connectivity index (χ3v) is 4.08. The summed E-state index contributed by atoms with van der Waals surface area (Å²) in [5.41, 5.74) is -0.341. The second kappa shape index (κ2) is 6.15. The number of hydrogen-bond donors (Lipinski definition) is 2. The molecule has 5 heteroatoms. The Hall–Kier alpha value is -1.72. The predicted octanol–water partition coefficient (Wildman–Crippen LogP) is 2.45. The number of thiophene rings is 1. The summed E-state index contributed by atoms with van der Waals surface area (Å²) < 4.78 is 12.8. The Balaban J connectivity index is 1.88. The van der Waals surface area contributed by atoms with E-state index in [9.17, 15) is 14.3 Å². The van der Waals surface area contributed by atoms with E-state index in [1.807, 2.05) is 17.5 Å². The van der Waals surface area contributed by atoms with Crippen LogP contribution in [0.15, 0.2) is 41.8 Å². The van der Waals surface area contributed by atoms with Gasteiger partial charge in [-0.25, -0.2) is 4.39 Å². The van der Waals surface area contributed by atoms with Gasteiger partial charge in [-0.05, 0) is 36.1 Å². The van der Waals surface area contributed by atoms with Gasteiger partial charge < -0.3 is 10.4 Å². The fourth-order valence-electron chi connectivity index (χ4n) is 1.79. The van der Waals surface area contributed by atoms with Crippen LogP contribution in [0.5, 0.6) is 0 Å². The molecule has 3 nitrogen and oxygen atoms in total. The highest BCUT2D eigenvalue weighted by Crippen LogP contribution is 2.24. The first-order valence-corrected chi connectivity index (χ1v) is 7.13. The minimum absolute atomic E-state index is 0.146. The minimum atomic E-state index is -1.08. The fraction of sp³-hybridized carbons (Fsp3) is 0.267. The number of halogens is 1. The third-order valence-electron chi connectivity index (χ3n) is 2.96. The number of aliphatic hydroxyl groups is 1. The molecular formula is C15H16FNO2S. The van der Waals surface area contributed by atoms with Crippen molar-refractivity contribution in [3.05, 3.63) is 58.0 Å². The van der Waals surface area contributed by atoms with Gasteiger partial charge in [-0.1, -0.05) is 18.2 Å². The van der Waals surface area contributed by atoms with Crippen molar-refractivity contribution >= 4 is 17.2 Å². The Labute approximate surface area is 121 Å². The van der Waals surface area contributed by atoms with E-state index >= 15 is 0 Å². The molecular weight excluding hydrogens is 277 g/mol. The summed E-state index contributed by atoms with van der Waals surface area (Å²) >= 11 is 1.44. The molecule has 0 radical (unpaired) electrons. The van der Waals surface area contributed by atoms with Crippen LogP contribution in [0.2, 0.25) is 0 Å². The molecule has 2 aromatic rings. The average molecular weight is 293 g/mol. The lowest BCUT2D eigenvalue weighted by Gasteiger charge is -2.22. The zero-order chi connectivity index (χ0) is 14.6. The second-order valence-electron chi connectivity index (χ2n) is 4.83. The van der Waals surface area contributed by atoms with Gasteiger partial charge in [0.25, 0.3) is 0 Å². The van der Waals surface area contributed by atoms with Crippen molar-refractivity contribution in [3.8, 4) is 0 Å². The van der Waals surface area contributed by atoms with E-state index in [1.54, 1.807) is 19.1 Å². The molecule has 20 heavy (non-hydrogen) atoms. The molecule has 0 fully saturated rings. The van der Waals surface area contributed by atoms with Crippen molar-refractivity contribution in [2.75, 3.05) is 6.54 Å². The third kappa shape index (κ3) is 3.88. The number of amides is 1. The molecule has 1 atom stereocenters. The Morgan fingerprint density at radius 2 is 2.05 bits per heavy atom. The van der Waals surface area contributed by atoms with Gasteiger partial charge in [0.1, 0.15) is 11.4 Å². The summed E-state index contributed by atoms with van der Waals surface area (Å²) in [7, 11) is 0. The Bertz CT molecular complexity index is 564. The van der Waals surface area contributed by atoms with Crippen molar-refractivity contribution in [1.29, 1.82) is 0 Å². The SMILES string of the molecule is C[C@@](O)(CNC(=O)Cc1ccc(F)cc1)c1cccs1. The maximum atomic E-state index is 12.8. The number of hydrogen-bond acceptors (Lipinski definition) is 3. The molecule has 2 rings (SSSR count). The van der Waals surface area contributed by atoms with Gasteiger partial charge in [-0.3, -0.25) is 4.79 Å². The van der Waals surface area contributed by atoms with Crippen LogP contribution in [0.3, 0.4) is 0 Å². The topological polar surface area (TPSA) is 49.3 Å². The zero-order valence-electron chi connectivity index (χ0n) is 11.1. The minimum Gasteiger partial charge on any atom is -0.383 e. The summed E-state index contributed by atoms with van der Waals surface area (Å²) in [5.74, 6) is -0.525. The maximum Gasteiger partial charge on any atom is 0.224 e. The van der Waals surface area contributed by atoms with Gasteiger partial charge >= 0.3 is 0 Å². The first kappa shape index (κ1) is 14.7. The molecule has 0 aliphatic rings. The molecule has 106 valence electrons. The lowest BCUT2D eigenvalue weighted by Crippen LogP contribution is -2.38. The summed E-state index contributed by atoms with van der Waals surface area (Å²) in [4.78, 5) is 12.6. The van der Waals surface area contributed by atoms with Gasteiger partial charge in [0, 0.05) is 4.88 Å². The molecule has 0 bridgehead atoms. The molecule has 0 spiro atoms. The largest absolute Gasteiger partial charge is 0.383 e. The van der Waals surface area contributed by atoms with Gasteiger partial charge in [0.15, 0.2) is 0 Å². The lowest BCUT2D eigenvalue weighted by molar-refractivity contribution is -0.121. The number of carbonyl (C=O) groups excluding carboxylic acids is 1. The van der Waals surface area contributed by atoms with Crippen LogP contribution in [0.25, 0.3) is 0 Å². The summed E-state index contributed by atoms with van der Waals surface area (Å²) in [6, 6.07) is 9.49. The molecule has 1 aromatic carbocycles. The quantitative estimate of drug-likeness (QED) is 0.889.